The fourth-order valence-electron chi connectivity index (χ4n) is 8.50. The summed E-state index contributed by atoms with van der Waals surface area (Å²) in [6, 6.07) is 35.8. The summed E-state index contributed by atoms with van der Waals surface area (Å²) < 4.78 is 13.8. The van der Waals surface area contributed by atoms with E-state index in [0.717, 1.165) is 23.0 Å². The van der Waals surface area contributed by atoms with Crippen molar-refractivity contribution < 1.29 is 29.2 Å². The van der Waals surface area contributed by atoms with E-state index < -0.39 is 25.8 Å². The molecule has 2 aliphatic carbocycles. The van der Waals surface area contributed by atoms with E-state index in [-0.39, 0.29) is 0 Å². The van der Waals surface area contributed by atoms with E-state index in [4.69, 9.17) is 8.83 Å². The van der Waals surface area contributed by atoms with Gasteiger partial charge in [-0.05, 0) is 0 Å². The first kappa shape index (κ1) is 33.2. The van der Waals surface area contributed by atoms with Crippen molar-refractivity contribution in [2.75, 3.05) is 0 Å². The number of rotatable bonds is 6. The van der Waals surface area contributed by atoms with Crippen LogP contribution < -0.4 is 0 Å². The zero-order chi connectivity index (χ0) is 34.8. The molecule has 0 bridgehead atoms. The molecular weight excluding hydrogens is 704 g/mol. The van der Waals surface area contributed by atoms with E-state index in [9.17, 15) is 0 Å². The summed E-state index contributed by atoms with van der Waals surface area (Å²) >= 11 is -2.65. The molecule has 0 spiro atoms. The van der Waals surface area contributed by atoms with Crippen LogP contribution in [-0.2, 0) is 20.4 Å². The SMILES string of the molecule is Cc1ccc(C2=Cc3c(cc(C)c(C)c3-c3ccccc3)[CH]2[Zr]([CH]2C(c3ccc(C)o3)=Cc3c2cc(C)c(C)c3-c2ccccc2)=[Si](C)C)o1. The molecule has 2 heterocycles. The Hall–Kier alpha value is -3.98. The predicted molar refractivity (Wildman–Crippen MR) is 208 cm³/mol. The van der Waals surface area contributed by atoms with Crippen LogP contribution in [0, 0.1) is 41.5 Å². The molecule has 2 aromatic heterocycles. The van der Waals surface area contributed by atoms with Crippen molar-refractivity contribution in [3.8, 4) is 22.3 Å². The first-order chi connectivity index (χ1) is 24.1. The number of furan rings is 2. The Morgan fingerprint density at radius 3 is 1.26 bits per heavy atom. The van der Waals surface area contributed by atoms with Gasteiger partial charge in [0.05, 0.1) is 0 Å². The minimum atomic E-state index is -2.65. The molecule has 0 aliphatic heterocycles. The van der Waals surface area contributed by atoms with Crippen LogP contribution in [0.15, 0.2) is 106 Å². The minimum absolute atomic E-state index is 0.348. The van der Waals surface area contributed by atoms with Crippen LogP contribution in [0.1, 0.15) is 74.8 Å². The maximum atomic E-state index is 6.56. The Morgan fingerprint density at radius 1 is 0.520 bits per heavy atom. The van der Waals surface area contributed by atoms with Gasteiger partial charge in [-0.3, -0.25) is 0 Å². The van der Waals surface area contributed by atoms with Crippen LogP contribution >= 0.6 is 0 Å². The fourth-order valence-corrected chi connectivity index (χ4v) is 28.2. The topological polar surface area (TPSA) is 26.3 Å². The van der Waals surface area contributed by atoms with Crippen molar-refractivity contribution in [1.82, 2.24) is 0 Å². The summed E-state index contributed by atoms with van der Waals surface area (Å²) in [6.45, 7) is 18.6. The summed E-state index contributed by atoms with van der Waals surface area (Å²) in [5.74, 6) is 3.99. The van der Waals surface area contributed by atoms with Crippen molar-refractivity contribution in [2.24, 2.45) is 0 Å². The number of benzene rings is 4. The number of aryl methyl sites for hydroxylation is 4. The monoisotopic (exact) mass is 746 g/mol. The molecule has 2 atom stereocenters. The molecule has 0 amide bonds. The number of allylic oxidation sites excluding steroid dienone is 2. The molecule has 0 fully saturated rings. The Kier molecular flexibility index (Phi) is 8.61. The van der Waals surface area contributed by atoms with Crippen molar-refractivity contribution >= 4 is 28.7 Å². The van der Waals surface area contributed by atoms with Crippen LogP contribution in [0.3, 0.4) is 0 Å². The van der Waals surface area contributed by atoms with Gasteiger partial charge in [0, 0.05) is 0 Å². The second-order valence-corrected chi connectivity index (χ2v) is 32.3. The van der Waals surface area contributed by atoms with Crippen LogP contribution in [0.25, 0.3) is 45.6 Å². The van der Waals surface area contributed by atoms with Gasteiger partial charge in [-0.15, -0.1) is 0 Å². The zero-order valence-electron chi connectivity index (χ0n) is 30.4. The van der Waals surface area contributed by atoms with Gasteiger partial charge < -0.3 is 0 Å². The van der Waals surface area contributed by atoms with E-state index in [2.05, 4.69) is 164 Å². The molecule has 2 unspecified atom stereocenters. The fraction of sp³-hybridized carbons (Fsp3) is 0.217. The van der Waals surface area contributed by atoms with Crippen molar-refractivity contribution in [2.45, 2.75) is 61.9 Å². The molecular formula is C46H44O2SiZr. The van der Waals surface area contributed by atoms with E-state index >= 15 is 0 Å². The molecule has 8 rings (SSSR count). The van der Waals surface area contributed by atoms with Crippen molar-refractivity contribution in [3.63, 3.8) is 0 Å². The molecule has 0 N–H and O–H groups in total. The van der Waals surface area contributed by atoms with Gasteiger partial charge >= 0.3 is 307 Å². The van der Waals surface area contributed by atoms with Gasteiger partial charge in [0.15, 0.2) is 0 Å². The van der Waals surface area contributed by atoms with Crippen molar-refractivity contribution in [1.29, 1.82) is 0 Å². The van der Waals surface area contributed by atoms with Crippen molar-refractivity contribution in [3.05, 3.63) is 165 Å². The molecule has 4 aromatic carbocycles. The first-order valence-corrected chi connectivity index (χ1v) is 26.8. The second kappa shape index (κ2) is 13.0. The zero-order valence-corrected chi connectivity index (χ0v) is 33.8. The van der Waals surface area contributed by atoms with Crippen LogP contribution in [-0.4, -0.2) is 5.43 Å². The predicted octanol–water partition coefficient (Wildman–Crippen LogP) is 12.8. The second-order valence-electron chi connectivity index (χ2n) is 14.5. The Labute approximate surface area is 304 Å². The van der Waals surface area contributed by atoms with Gasteiger partial charge in [-0.1, -0.05) is 0 Å². The molecule has 248 valence electrons. The van der Waals surface area contributed by atoms with Gasteiger partial charge in [0.1, 0.15) is 0 Å². The third-order valence-electron chi connectivity index (χ3n) is 11.1. The summed E-state index contributed by atoms with van der Waals surface area (Å²) in [5.41, 5.74) is 18.6. The van der Waals surface area contributed by atoms with Gasteiger partial charge in [0.25, 0.3) is 0 Å². The van der Waals surface area contributed by atoms with E-state index in [1.54, 1.807) is 0 Å². The average Bonchev–Trinajstić information content (AvgIpc) is 3.90. The number of fused-ring (bicyclic) bond motifs is 2. The van der Waals surface area contributed by atoms with Crippen LogP contribution in [0.2, 0.25) is 13.1 Å². The van der Waals surface area contributed by atoms with Gasteiger partial charge in [-0.25, -0.2) is 0 Å². The third kappa shape index (κ3) is 5.47. The summed E-state index contributed by atoms with van der Waals surface area (Å²) in [7, 11) is 0. The third-order valence-corrected chi connectivity index (χ3v) is 30.3. The number of hydrogen-bond donors (Lipinski definition) is 0. The molecule has 0 radical (unpaired) electrons. The Bertz CT molecular complexity index is 2230. The summed E-state index contributed by atoms with van der Waals surface area (Å²) in [5, 5.41) is 0. The van der Waals surface area contributed by atoms with Crippen LogP contribution in [0.5, 0.6) is 0 Å². The molecule has 2 aliphatic rings. The Morgan fingerprint density at radius 2 is 0.920 bits per heavy atom. The van der Waals surface area contributed by atoms with Crippen LogP contribution in [0.4, 0.5) is 0 Å². The maximum absolute atomic E-state index is 6.56. The molecule has 0 saturated carbocycles. The molecule has 4 heteroatoms. The standard InChI is InChI=1S/2C22H19O.C2H6Si.Zr/c2*1-14-11-18-12-19(21-10-9-15(2)23-21)13-20(18)22(16(14)3)17-7-5-4-6-8-17;1-3-2;/h2*4-13H,1-3H3;1-2H3;. The molecule has 6 aromatic rings. The van der Waals surface area contributed by atoms with Gasteiger partial charge in [-0.2, -0.15) is 0 Å². The van der Waals surface area contributed by atoms with E-state index in [0.29, 0.717) is 7.25 Å². The quantitative estimate of drug-likeness (QED) is 0.159. The summed E-state index contributed by atoms with van der Waals surface area (Å²) in [6.07, 6.45) is 5.04. The molecule has 0 saturated heterocycles. The first-order valence-electron chi connectivity index (χ1n) is 17.8. The summed E-state index contributed by atoms with van der Waals surface area (Å²) in [4.78, 5) is 0. The average molecular weight is 748 g/mol. The Balaban J connectivity index is 1.43. The normalized spacial score (nSPS) is 16.2. The van der Waals surface area contributed by atoms with E-state index in [1.165, 1.54) is 77.9 Å². The van der Waals surface area contributed by atoms with Gasteiger partial charge in [0.2, 0.25) is 0 Å². The number of hydrogen-bond acceptors (Lipinski definition) is 2. The van der Waals surface area contributed by atoms with E-state index in [1.807, 2.05) is 0 Å². The molecule has 50 heavy (non-hydrogen) atoms. The molecule has 2 nitrogen and oxygen atoms in total.